The summed E-state index contributed by atoms with van der Waals surface area (Å²) < 4.78 is 26.3. The molecule has 9 nitrogen and oxygen atoms in total. The maximum absolute atomic E-state index is 12.5. The van der Waals surface area contributed by atoms with Crippen molar-refractivity contribution >= 4 is 33.3 Å². The topological polar surface area (TPSA) is 111 Å². The van der Waals surface area contributed by atoms with E-state index in [9.17, 15) is 13.2 Å². The molecule has 2 aromatic heterocycles. The van der Waals surface area contributed by atoms with Gasteiger partial charge < -0.3 is 5.32 Å². The van der Waals surface area contributed by atoms with Crippen LogP contribution < -0.4 is 5.32 Å². The lowest BCUT2D eigenvalue weighted by Gasteiger charge is -2.36. The fraction of sp³-hybridized carbons (Fsp3) is 0.400. The second kappa shape index (κ2) is 7.70. The predicted octanol–water partition coefficient (Wildman–Crippen LogP) is 0.792. The predicted molar refractivity (Wildman–Crippen MR) is 96.3 cm³/mol. The van der Waals surface area contributed by atoms with Gasteiger partial charge in [0.1, 0.15) is 5.82 Å². The lowest BCUT2D eigenvalue weighted by Crippen LogP contribution is -2.54. The number of hydrogen-bond donors (Lipinski definition) is 2. The van der Waals surface area contributed by atoms with Crippen molar-refractivity contribution in [3.63, 3.8) is 0 Å². The third kappa shape index (κ3) is 4.04. The average molecular weight is 399 g/mol. The van der Waals surface area contributed by atoms with Crippen molar-refractivity contribution < 1.29 is 13.2 Å². The Balaban J connectivity index is 1.57. The third-order valence-corrected chi connectivity index (χ3v) is 6.32. The highest BCUT2D eigenvalue weighted by molar-refractivity contribution is 7.89. The minimum atomic E-state index is -3.58. The van der Waals surface area contributed by atoms with Crippen LogP contribution in [0.5, 0.6) is 0 Å². The fourth-order valence-electron chi connectivity index (χ4n) is 2.70. The van der Waals surface area contributed by atoms with Gasteiger partial charge in [-0.2, -0.15) is 9.40 Å². The summed E-state index contributed by atoms with van der Waals surface area (Å²) in [5.41, 5.74) is 0. The van der Waals surface area contributed by atoms with Gasteiger partial charge in [0, 0.05) is 32.4 Å². The van der Waals surface area contributed by atoms with Crippen molar-refractivity contribution in [3.05, 3.63) is 35.6 Å². The smallest absolute Gasteiger partial charge is 0.260 e. The minimum absolute atomic E-state index is 0.0746. The van der Waals surface area contributed by atoms with Gasteiger partial charge in [0.25, 0.3) is 10.0 Å². The van der Waals surface area contributed by atoms with Crippen LogP contribution >= 0.6 is 11.6 Å². The molecule has 0 unspecified atom stereocenters. The van der Waals surface area contributed by atoms with Gasteiger partial charge in [0.15, 0.2) is 5.03 Å². The van der Waals surface area contributed by atoms with E-state index in [0.29, 0.717) is 37.0 Å². The number of nitrogens with zero attached hydrogens (tertiary/aromatic N) is 4. The molecule has 0 aromatic carbocycles. The number of piperazine rings is 1. The third-order valence-electron chi connectivity index (χ3n) is 4.27. The molecule has 3 heterocycles. The highest BCUT2D eigenvalue weighted by Crippen LogP contribution is 2.17. The summed E-state index contributed by atoms with van der Waals surface area (Å²) in [5, 5.41) is 9.47. The van der Waals surface area contributed by atoms with Gasteiger partial charge in [-0.05, 0) is 25.1 Å². The number of amides is 1. The molecular formula is C15H19ClN6O3S. The number of H-pyrrole nitrogens is 1. The van der Waals surface area contributed by atoms with Crippen molar-refractivity contribution in [1.29, 1.82) is 0 Å². The van der Waals surface area contributed by atoms with Crippen LogP contribution in [0.1, 0.15) is 6.92 Å². The number of carbonyl (C=O) groups is 1. The molecule has 1 aliphatic heterocycles. The molecule has 0 saturated carbocycles. The molecule has 0 radical (unpaired) electrons. The molecule has 1 amide bonds. The highest BCUT2D eigenvalue weighted by atomic mass is 35.5. The zero-order valence-electron chi connectivity index (χ0n) is 14.1. The summed E-state index contributed by atoms with van der Waals surface area (Å²) in [7, 11) is -3.58. The van der Waals surface area contributed by atoms with Crippen LogP contribution in [0.4, 0.5) is 5.82 Å². The Morgan fingerprint density at radius 3 is 2.58 bits per heavy atom. The molecule has 140 valence electrons. The van der Waals surface area contributed by atoms with E-state index in [2.05, 4.69) is 20.5 Å². The van der Waals surface area contributed by atoms with E-state index >= 15 is 0 Å². The number of hydrogen-bond acceptors (Lipinski definition) is 6. The first-order valence-electron chi connectivity index (χ1n) is 8.04. The quantitative estimate of drug-likeness (QED) is 0.770. The highest BCUT2D eigenvalue weighted by Gasteiger charge is 2.32. The molecule has 2 N–H and O–H groups in total. The zero-order chi connectivity index (χ0) is 18.7. The number of aromatic amines is 1. The molecule has 26 heavy (non-hydrogen) atoms. The van der Waals surface area contributed by atoms with Crippen molar-refractivity contribution in [2.45, 2.75) is 18.0 Å². The first kappa shape index (κ1) is 18.8. The maximum atomic E-state index is 12.5. The summed E-state index contributed by atoms with van der Waals surface area (Å²) in [6.45, 7) is 3.30. The number of pyridine rings is 1. The SMILES string of the molecule is C[C@H](C(=O)Nc1ccc(Cl)cn1)N1CCN(S(=O)(=O)c2ccn[nH]2)CC1. The van der Waals surface area contributed by atoms with Gasteiger partial charge in [-0.25, -0.2) is 13.4 Å². The number of halogens is 1. The zero-order valence-corrected chi connectivity index (χ0v) is 15.7. The number of sulfonamides is 1. The normalized spacial score (nSPS) is 17.8. The molecule has 2 aromatic rings. The molecule has 0 aliphatic carbocycles. The van der Waals surface area contributed by atoms with E-state index in [4.69, 9.17) is 11.6 Å². The van der Waals surface area contributed by atoms with Crippen LogP contribution in [-0.2, 0) is 14.8 Å². The molecule has 0 spiro atoms. The Morgan fingerprint density at radius 2 is 2.00 bits per heavy atom. The van der Waals surface area contributed by atoms with E-state index in [0.717, 1.165) is 0 Å². The Bertz CT molecular complexity index is 848. The first-order valence-corrected chi connectivity index (χ1v) is 9.86. The Kier molecular flexibility index (Phi) is 5.56. The van der Waals surface area contributed by atoms with Gasteiger partial charge >= 0.3 is 0 Å². The Morgan fingerprint density at radius 1 is 1.27 bits per heavy atom. The minimum Gasteiger partial charge on any atom is -0.309 e. The molecule has 3 rings (SSSR count). The number of nitrogens with one attached hydrogen (secondary N) is 2. The van der Waals surface area contributed by atoms with Gasteiger partial charge in [-0.15, -0.1) is 0 Å². The van der Waals surface area contributed by atoms with E-state index in [1.807, 2.05) is 4.90 Å². The van der Waals surface area contributed by atoms with Gasteiger partial charge in [-0.3, -0.25) is 14.8 Å². The molecule has 1 atom stereocenters. The number of anilines is 1. The lowest BCUT2D eigenvalue weighted by molar-refractivity contribution is -0.121. The van der Waals surface area contributed by atoms with Crippen LogP contribution in [0.2, 0.25) is 5.02 Å². The Labute approximate surface area is 156 Å². The summed E-state index contributed by atoms with van der Waals surface area (Å²) in [4.78, 5) is 18.4. The molecule has 1 fully saturated rings. The standard InChI is InChI=1S/C15H19ClN6O3S/c1-11(15(23)19-13-3-2-12(16)10-17-13)21-6-8-22(9-7-21)26(24,25)14-4-5-18-20-14/h2-5,10-11H,6-9H2,1H3,(H,18,20)(H,17,19,23)/t11-/m1/s1. The molecule has 0 bridgehead atoms. The van der Waals surface area contributed by atoms with E-state index in [1.54, 1.807) is 19.1 Å². The molecule has 1 aliphatic rings. The summed E-state index contributed by atoms with van der Waals surface area (Å²) in [6, 6.07) is 4.29. The largest absolute Gasteiger partial charge is 0.309 e. The molecule has 1 saturated heterocycles. The van der Waals surface area contributed by atoms with Gasteiger partial charge in [0.2, 0.25) is 5.91 Å². The van der Waals surface area contributed by atoms with Crippen LogP contribution in [0.15, 0.2) is 35.6 Å². The summed E-state index contributed by atoms with van der Waals surface area (Å²) in [6.07, 6.45) is 2.86. The maximum Gasteiger partial charge on any atom is 0.260 e. The van der Waals surface area contributed by atoms with Crippen molar-refractivity contribution in [2.24, 2.45) is 0 Å². The molecule has 11 heteroatoms. The number of carbonyl (C=O) groups excluding carboxylic acids is 1. The van der Waals surface area contributed by atoms with Crippen LogP contribution in [-0.4, -0.2) is 70.9 Å². The number of rotatable bonds is 5. The summed E-state index contributed by atoms with van der Waals surface area (Å²) >= 11 is 5.78. The van der Waals surface area contributed by atoms with Crippen molar-refractivity contribution in [2.75, 3.05) is 31.5 Å². The van der Waals surface area contributed by atoms with Crippen molar-refractivity contribution in [3.8, 4) is 0 Å². The van der Waals surface area contributed by atoms with Gasteiger partial charge in [-0.1, -0.05) is 11.6 Å². The van der Waals surface area contributed by atoms with Crippen LogP contribution in [0, 0.1) is 0 Å². The fourth-order valence-corrected chi connectivity index (χ4v) is 4.14. The van der Waals surface area contributed by atoms with Crippen LogP contribution in [0.3, 0.4) is 0 Å². The first-order chi connectivity index (χ1) is 12.4. The van der Waals surface area contributed by atoms with E-state index in [-0.39, 0.29) is 10.9 Å². The average Bonchev–Trinajstić information content (AvgIpc) is 3.18. The molecular weight excluding hydrogens is 380 g/mol. The lowest BCUT2D eigenvalue weighted by atomic mass is 10.2. The number of aromatic nitrogens is 3. The summed E-state index contributed by atoms with van der Waals surface area (Å²) in [5.74, 6) is 0.219. The van der Waals surface area contributed by atoms with E-state index < -0.39 is 16.1 Å². The Hall–Kier alpha value is -2.01. The van der Waals surface area contributed by atoms with Crippen LogP contribution in [0.25, 0.3) is 0 Å². The second-order valence-corrected chi connectivity index (χ2v) is 8.23. The van der Waals surface area contributed by atoms with Gasteiger partial charge in [0.05, 0.1) is 17.3 Å². The monoisotopic (exact) mass is 398 g/mol. The second-order valence-electron chi connectivity index (χ2n) is 5.89. The van der Waals surface area contributed by atoms with Crippen molar-refractivity contribution in [1.82, 2.24) is 24.4 Å². The van der Waals surface area contributed by atoms with E-state index in [1.165, 1.54) is 22.8 Å².